The van der Waals surface area contributed by atoms with Crippen LogP contribution in [0.4, 0.5) is 17.1 Å². The second-order valence-electron chi connectivity index (χ2n) is 13.7. The lowest BCUT2D eigenvalue weighted by atomic mass is 10.00. The SMILES string of the molecule is c1ccc2c(c1)ccc1cc(N(c3ccc(-c4ccc5oc6ccccc6c5c4)cc3)c3ccc(-c4ccc5oc6ccccc6c5c4)cc3)ccc12. The normalized spacial score (nSPS) is 11.8. The average molecular weight is 678 g/mol. The number of rotatable bonds is 5. The summed E-state index contributed by atoms with van der Waals surface area (Å²) < 4.78 is 12.2. The minimum Gasteiger partial charge on any atom is -0.456 e. The van der Waals surface area contributed by atoms with Gasteiger partial charge in [0.05, 0.1) is 0 Å². The second kappa shape index (κ2) is 11.7. The summed E-state index contributed by atoms with van der Waals surface area (Å²) in [5, 5.41) is 9.51. The monoisotopic (exact) mass is 677 g/mol. The molecule has 0 aliphatic rings. The predicted octanol–water partition coefficient (Wildman–Crippen LogP) is 14.6. The van der Waals surface area contributed by atoms with E-state index in [0.29, 0.717) is 0 Å². The van der Waals surface area contributed by atoms with Crippen LogP contribution in [-0.2, 0) is 0 Å². The van der Waals surface area contributed by atoms with Gasteiger partial charge < -0.3 is 13.7 Å². The van der Waals surface area contributed by atoms with Crippen molar-refractivity contribution >= 4 is 82.5 Å². The van der Waals surface area contributed by atoms with Crippen LogP contribution < -0.4 is 4.90 Å². The Morgan fingerprint density at radius 2 is 0.698 bits per heavy atom. The first kappa shape index (κ1) is 29.6. The molecule has 0 atom stereocenters. The van der Waals surface area contributed by atoms with Crippen molar-refractivity contribution in [3.63, 3.8) is 0 Å². The van der Waals surface area contributed by atoms with Crippen molar-refractivity contribution in [2.24, 2.45) is 0 Å². The summed E-state index contributed by atoms with van der Waals surface area (Å²) in [5.74, 6) is 0. The average Bonchev–Trinajstić information content (AvgIpc) is 3.79. The Bertz CT molecular complexity index is 3010. The summed E-state index contributed by atoms with van der Waals surface area (Å²) in [6, 6.07) is 67.1. The fraction of sp³-hybridized carbons (Fsp3) is 0. The van der Waals surface area contributed by atoms with Crippen LogP contribution in [0.5, 0.6) is 0 Å². The Balaban J connectivity index is 1.01. The van der Waals surface area contributed by atoms with Gasteiger partial charge in [-0.1, -0.05) is 115 Å². The highest BCUT2D eigenvalue weighted by Gasteiger charge is 2.16. The Labute approximate surface area is 305 Å². The minimum atomic E-state index is 0.906. The maximum absolute atomic E-state index is 6.10. The number of fused-ring (bicyclic) bond motifs is 9. The summed E-state index contributed by atoms with van der Waals surface area (Å²) in [6.45, 7) is 0. The molecule has 0 amide bonds. The van der Waals surface area contributed by atoms with Crippen molar-refractivity contribution in [2.45, 2.75) is 0 Å². The quantitative estimate of drug-likeness (QED) is 0.170. The molecule has 0 N–H and O–H groups in total. The molecule has 0 aliphatic heterocycles. The van der Waals surface area contributed by atoms with Crippen molar-refractivity contribution < 1.29 is 8.83 Å². The van der Waals surface area contributed by atoms with Gasteiger partial charge in [0.15, 0.2) is 0 Å². The van der Waals surface area contributed by atoms with Gasteiger partial charge in [0.25, 0.3) is 0 Å². The van der Waals surface area contributed by atoms with E-state index >= 15 is 0 Å². The van der Waals surface area contributed by atoms with Gasteiger partial charge in [-0.25, -0.2) is 0 Å². The van der Waals surface area contributed by atoms with Crippen LogP contribution in [0.25, 0.3) is 87.7 Å². The maximum atomic E-state index is 6.10. The molecule has 0 fully saturated rings. The van der Waals surface area contributed by atoms with Crippen LogP contribution in [0, 0.1) is 0 Å². The zero-order valence-corrected chi connectivity index (χ0v) is 28.7. The molecule has 3 nitrogen and oxygen atoms in total. The molecule has 53 heavy (non-hydrogen) atoms. The van der Waals surface area contributed by atoms with E-state index in [1.165, 1.54) is 21.5 Å². The molecule has 0 aliphatic carbocycles. The zero-order valence-electron chi connectivity index (χ0n) is 28.7. The largest absolute Gasteiger partial charge is 0.456 e. The van der Waals surface area contributed by atoms with E-state index in [4.69, 9.17) is 8.83 Å². The topological polar surface area (TPSA) is 29.5 Å². The highest BCUT2D eigenvalue weighted by molar-refractivity contribution is 6.09. The molecular formula is C50H31NO2. The van der Waals surface area contributed by atoms with Crippen LogP contribution in [0.1, 0.15) is 0 Å². The van der Waals surface area contributed by atoms with Crippen molar-refractivity contribution in [3.8, 4) is 22.3 Å². The number of hydrogen-bond donors (Lipinski definition) is 0. The smallest absolute Gasteiger partial charge is 0.135 e. The standard InChI is InChI=1S/C50H31NO2/c1-2-8-41-34(7-1)13-14-37-29-40(25-26-42(37)41)51(38-21-15-32(16-22-38)35-19-27-49-45(30-35)43-9-3-5-11-47(43)52-49)39-23-17-33(18-24-39)36-20-28-50-46(31-36)44-10-4-6-12-48(44)53-50/h1-31H. The van der Waals surface area contributed by atoms with Crippen LogP contribution in [0.3, 0.4) is 0 Å². The van der Waals surface area contributed by atoms with E-state index in [9.17, 15) is 0 Å². The number of nitrogens with zero attached hydrogens (tertiary/aromatic N) is 1. The zero-order chi connectivity index (χ0) is 34.9. The highest BCUT2D eigenvalue weighted by atomic mass is 16.3. The van der Waals surface area contributed by atoms with Crippen LogP contribution in [0.2, 0.25) is 0 Å². The van der Waals surface area contributed by atoms with Crippen LogP contribution in [0.15, 0.2) is 197 Å². The fourth-order valence-electron chi connectivity index (χ4n) is 8.00. The first-order valence-electron chi connectivity index (χ1n) is 18.0. The maximum Gasteiger partial charge on any atom is 0.135 e. The number of anilines is 3. The first-order chi connectivity index (χ1) is 26.2. The van der Waals surface area contributed by atoms with Crippen molar-refractivity contribution in [3.05, 3.63) is 188 Å². The predicted molar refractivity (Wildman–Crippen MR) is 222 cm³/mol. The molecule has 11 aromatic rings. The molecule has 0 bridgehead atoms. The van der Waals surface area contributed by atoms with Crippen molar-refractivity contribution in [2.75, 3.05) is 4.90 Å². The Kier molecular flexibility index (Phi) is 6.55. The highest BCUT2D eigenvalue weighted by Crippen LogP contribution is 2.40. The lowest BCUT2D eigenvalue weighted by Crippen LogP contribution is -2.09. The van der Waals surface area contributed by atoms with E-state index in [0.717, 1.165) is 83.2 Å². The molecule has 248 valence electrons. The fourth-order valence-corrected chi connectivity index (χ4v) is 8.00. The first-order valence-corrected chi connectivity index (χ1v) is 18.0. The number of furan rings is 2. The minimum absolute atomic E-state index is 0.906. The van der Waals surface area contributed by atoms with E-state index < -0.39 is 0 Å². The molecular weight excluding hydrogens is 647 g/mol. The molecule has 0 saturated carbocycles. The van der Waals surface area contributed by atoms with Gasteiger partial charge in [-0.3, -0.25) is 0 Å². The number of hydrogen-bond acceptors (Lipinski definition) is 3. The molecule has 3 heteroatoms. The van der Waals surface area contributed by atoms with Gasteiger partial charge in [-0.15, -0.1) is 0 Å². The number of para-hydroxylation sites is 2. The molecule has 2 aromatic heterocycles. The molecule has 9 aromatic carbocycles. The van der Waals surface area contributed by atoms with Crippen molar-refractivity contribution in [1.82, 2.24) is 0 Å². The third-order valence-corrected chi connectivity index (χ3v) is 10.7. The molecule has 2 heterocycles. The number of benzene rings is 9. The van der Waals surface area contributed by atoms with E-state index in [1.807, 2.05) is 24.3 Å². The van der Waals surface area contributed by atoms with Gasteiger partial charge in [-0.2, -0.15) is 0 Å². The Hall–Kier alpha value is -7.10. The third kappa shape index (κ3) is 4.90. The molecule has 0 saturated heterocycles. The summed E-state index contributed by atoms with van der Waals surface area (Å²) >= 11 is 0. The van der Waals surface area contributed by atoms with Crippen LogP contribution in [-0.4, -0.2) is 0 Å². The molecule has 0 unspecified atom stereocenters. The van der Waals surface area contributed by atoms with Crippen molar-refractivity contribution in [1.29, 1.82) is 0 Å². The lowest BCUT2D eigenvalue weighted by Gasteiger charge is -2.26. The summed E-state index contributed by atoms with van der Waals surface area (Å²) in [6.07, 6.45) is 0. The van der Waals surface area contributed by atoms with Crippen LogP contribution >= 0.6 is 0 Å². The molecule has 11 rings (SSSR count). The van der Waals surface area contributed by atoms with Gasteiger partial charge >= 0.3 is 0 Å². The van der Waals surface area contributed by atoms with E-state index in [-0.39, 0.29) is 0 Å². The summed E-state index contributed by atoms with van der Waals surface area (Å²) in [7, 11) is 0. The Morgan fingerprint density at radius 3 is 1.28 bits per heavy atom. The molecule has 0 radical (unpaired) electrons. The Morgan fingerprint density at radius 1 is 0.264 bits per heavy atom. The van der Waals surface area contributed by atoms with Gasteiger partial charge in [0, 0.05) is 38.6 Å². The molecule has 0 spiro atoms. The van der Waals surface area contributed by atoms with Gasteiger partial charge in [0.2, 0.25) is 0 Å². The van der Waals surface area contributed by atoms with E-state index in [1.54, 1.807) is 0 Å². The van der Waals surface area contributed by atoms with Gasteiger partial charge in [0.1, 0.15) is 22.3 Å². The van der Waals surface area contributed by atoms with Gasteiger partial charge in [-0.05, 0) is 117 Å². The second-order valence-corrected chi connectivity index (χ2v) is 13.7. The lowest BCUT2D eigenvalue weighted by molar-refractivity contribution is 0.668. The van der Waals surface area contributed by atoms with E-state index in [2.05, 4.69) is 169 Å². The third-order valence-electron chi connectivity index (χ3n) is 10.7. The summed E-state index contributed by atoms with van der Waals surface area (Å²) in [4.78, 5) is 2.35. The summed E-state index contributed by atoms with van der Waals surface area (Å²) in [5.41, 5.74) is 11.5.